The van der Waals surface area contributed by atoms with Gasteiger partial charge in [-0.1, -0.05) is 11.6 Å². The van der Waals surface area contributed by atoms with Gasteiger partial charge in [-0.3, -0.25) is 14.6 Å². The average molecular weight is 345 g/mol. The third kappa shape index (κ3) is 2.35. The minimum absolute atomic E-state index is 0.0576. The van der Waals surface area contributed by atoms with E-state index in [9.17, 15) is 9.59 Å². The van der Waals surface area contributed by atoms with Crippen molar-refractivity contribution < 1.29 is 14.7 Å². The first kappa shape index (κ1) is 15.4. The van der Waals surface area contributed by atoms with E-state index in [1.54, 1.807) is 29.3 Å². The standard InChI is InChI=1S/C18H17ClN2O3/c19-14-4-3-12(15-11(14)2-1-7-20-15)16(22)21-8-5-18(6-9-21)10-13(18)17(23)24/h1-4,7,13H,5-6,8-10H2,(H,23,24). The molecule has 0 bridgehead atoms. The van der Waals surface area contributed by atoms with Gasteiger partial charge < -0.3 is 10.0 Å². The average Bonchev–Trinajstić information content (AvgIpc) is 3.30. The van der Waals surface area contributed by atoms with E-state index in [2.05, 4.69) is 4.98 Å². The summed E-state index contributed by atoms with van der Waals surface area (Å²) >= 11 is 6.19. The number of aliphatic carboxylic acids is 1. The van der Waals surface area contributed by atoms with Gasteiger partial charge in [0.05, 0.1) is 22.0 Å². The van der Waals surface area contributed by atoms with Gasteiger partial charge in [0.1, 0.15) is 0 Å². The Morgan fingerprint density at radius 2 is 2.00 bits per heavy atom. The Morgan fingerprint density at radius 1 is 1.25 bits per heavy atom. The number of fused-ring (bicyclic) bond motifs is 1. The summed E-state index contributed by atoms with van der Waals surface area (Å²) in [6.07, 6.45) is 3.92. The number of halogens is 1. The number of benzene rings is 1. The van der Waals surface area contributed by atoms with Crippen LogP contribution < -0.4 is 0 Å². The third-order valence-electron chi connectivity index (χ3n) is 5.48. The van der Waals surface area contributed by atoms with E-state index in [0.717, 1.165) is 24.6 Å². The molecule has 0 radical (unpaired) electrons. The zero-order valence-electron chi connectivity index (χ0n) is 13.0. The summed E-state index contributed by atoms with van der Waals surface area (Å²) in [6.45, 7) is 1.19. The molecular weight excluding hydrogens is 328 g/mol. The number of hydrogen-bond donors (Lipinski definition) is 1. The van der Waals surface area contributed by atoms with Gasteiger partial charge in [-0.05, 0) is 48.9 Å². The van der Waals surface area contributed by atoms with Crippen molar-refractivity contribution in [1.29, 1.82) is 0 Å². The lowest BCUT2D eigenvalue weighted by molar-refractivity contribution is -0.139. The SMILES string of the molecule is O=C(O)C1CC12CCN(C(=O)c1ccc(Cl)c3cccnc13)CC2. The molecule has 2 aliphatic rings. The van der Waals surface area contributed by atoms with E-state index in [1.165, 1.54) is 0 Å². The number of likely N-dealkylation sites (tertiary alicyclic amines) is 1. The Morgan fingerprint density at radius 3 is 2.67 bits per heavy atom. The highest BCUT2D eigenvalue weighted by Crippen LogP contribution is 2.59. The molecule has 1 saturated heterocycles. The second kappa shape index (κ2) is 5.45. The molecule has 1 unspecified atom stereocenters. The maximum atomic E-state index is 12.9. The van der Waals surface area contributed by atoms with E-state index in [1.807, 2.05) is 6.07 Å². The predicted molar refractivity (Wildman–Crippen MR) is 90.1 cm³/mol. The van der Waals surface area contributed by atoms with Gasteiger partial charge >= 0.3 is 5.97 Å². The van der Waals surface area contributed by atoms with E-state index in [-0.39, 0.29) is 17.2 Å². The molecule has 1 saturated carbocycles. The van der Waals surface area contributed by atoms with Crippen LogP contribution in [0.5, 0.6) is 0 Å². The zero-order chi connectivity index (χ0) is 16.9. The number of carbonyl (C=O) groups excluding carboxylic acids is 1. The Hall–Kier alpha value is -2.14. The van der Waals surface area contributed by atoms with Crippen molar-refractivity contribution in [3.63, 3.8) is 0 Å². The molecular formula is C18H17ClN2O3. The lowest BCUT2D eigenvalue weighted by Gasteiger charge is -2.32. The summed E-state index contributed by atoms with van der Waals surface area (Å²) in [5.74, 6) is -0.992. The fourth-order valence-electron chi connectivity index (χ4n) is 3.89. The summed E-state index contributed by atoms with van der Waals surface area (Å²) in [5, 5.41) is 10.5. The molecule has 1 amide bonds. The highest BCUT2D eigenvalue weighted by Gasteiger charge is 2.59. The van der Waals surface area contributed by atoms with Crippen LogP contribution in [0.1, 0.15) is 29.6 Å². The maximum absolute atomic E-state index is 12.9. The third-order valence-corrected chi connectivity index (χ3v) is 5.81. The van der Waals surface area contributed by atoms with Crippen LogP contribution in [-0.4, -0.2) is 40.0 Å². The van der Waals surface area contributed by atoms with Gasteiger partial charge in [0.15, 0.2) is 0 Å². The molecule has 1 aliphatic heterocycles. The topological polar surface area (TPSA) is 70.5 Å². The Kier molecular flexibility index (Phi) is 3.49. The molecule has 1 aliphatic carbocycles. The Labute approximate surface area is 144 Å². The molecule has 6 heteroatoms. The van der Waals surface area contributed by atoms with Crippen LogP contribution >= 0.6 is 11.6 Å². The summed E-state index contributed by atoms with van der Waals surface area (Å²) in [5.41, 5.74) is 1.09. The highest BCUT2D eigenvalue weighted by molar-refractivity contribution is 6.36. The molecule has 1 atom stereocenters. The second-order valence-electron chi connectivity index (χ2n) is 6.74. The van der Waals surface area contributed by atoms with Crippen molar-refractivity contribution >= 4 is 34.4 Å². The first-order chi connectivity index (χ1) is 11.5. The van der Waals surface area contributed by atoms with Gasteiger partial charge in [-0.25, -0.2) is 0 Å². The minimum atomic E-state index is -0.706. The van der Waals surface area contributed by atoms with E-state index >= 15 is 0 Å². The lowest BCUT2D eigenvalue weighted by Crippen LogP contribution is -2.40. The van der Waals surface area contributed by atoms with Crippen molar-refractivity contribution in [2.45, 2.75) is 19.3 Å². The smallest absolute Gasteiger partial charge is 0.307 e. The Balaban J connectivity index is 1.56. The van der Waals surface area contributed by atoms with Crippen LogP contribution in [0.4, 0.5) is 0 Å². The van der Waals surface area contributed by atoms with Crippen molar-refractivity contribution in [1.82, 2.24) is 9.88 Å². The maximum Gasteiger partial charge on any atom is 0.307 e. The molecule has 1 aromatic heterocycles. The number of carbonyl (C=O) groups is 2. The van der Waals surface area contributed by atoms with E-state index < -0.39 is 5.97 Å². The normalized spacial score (nSPS) is 21.9. The number of pyridine rings is 1. The molecule has 2 aromatic rings. The fourth-order valence-corrected chi connectivity index (χ4v) is 4.10. The monoisotopic (exact) mass is 344 g/mol. The van der Waals surface area contributed by atoms with Crippen LogP contribution in [-0.2, 0) is 4.79 Å². The number of carboxylic acid groups (broad SMARTS) is 1. The van der Waals surface area contributed by atoms with Crippen LogP contribution in [0, 0.1) is 11.3 Å². The molecule has 1 aromatic carbocycles. The van der Waals surface area contributed by atoms with Gasteiger partial charge in [0.2, 0.25) is 0 Å². The van der Waals surface area contributed by atoms with Gasteiger partial charge in [0.25, 0.3) is 5.91 Å². The molecule has 124 valence electrons. The number of aromatic nitrogens is 1. The van der Waals surface area contributed by atoms with Crippen molar-refractivity contribution in [2.24, 2.45) is 11.3 Å². The summed E-state index contributed by atoms with van der Waals surface area (Å²) in [7, 11) is 0. The van der Waals surface area contributed by atoms with Crippen molar-refractivity contribution in [2.75, 3.05) is 13.1 Å². The number of nitrogens with zero attached hydrogens (tertiary/aromatic N) is 2. The molecule has 5 nitrogen and oxygen atoms in total. The first-order valence-electron chi connectivity index (χ1n) is 8.07. The first-order valence-corrected chi connectivity index (χ1v) is 8.45. The Bertz CT molecular complexity index is 843. The highest BCUT2D eigenvalue weighted by atomic mass is 35.5. The molecule has 1 N–H and O–H groups in total. The summed E-state index contributed by atoms with van der Waals surface area (Å²) < 4.78 is 0. The molecule has 2 fully saturated rings. The van der Waals surface area contributed by atoms with Crippen molar-refractivity contribution in [3.8, 4) is 0 Å². The largest absolute Gasteiger partial charge is 0.481 e. The van der Waals surface area contributed by atoms with Crippen LogP contribution in [0.3, 0.4) is 0 Å². The number of rotatable bonds is 2. The lowest BCUT2D eigenvalue weighted by atomic mass is 9.90. The molecule has 1 spiro atoms. The van der Waals surface area contributed by atoms with E-state index in [0.29, 0.717) is 29.2 Å². The van der Waals surface area contributed by atoms with Gasteiger partial charge in [0, 0.05) is 24.7 Å². The number of carboxylic acids is 1. The van der Waals surface area contributed by atoms with Crippen molar-refractivity contribution in [3.05, 3.63) is 41.0 Å². The predicted octanol–water partition coefficient (Wildman–Crippen LogP) is 3.22. The number of piperidine rings is 1. The summed E-state index contributed by atoms with van der Waals surface area (Å²) in [6, 6.07) is 7.10. The molecule has 4 rings (SSSR count). The van der Waals surface area contributed by atoms with Gasteiger partial charge in [-0.2, -0.15) is 0 Å². The number of amides is 1. The van der Waals surface area contributed by atoms with E-state index in [4.69, 9.17) is 16.7 Å². The number of hydrogen-bond acceptors (Lipinski definition) is 3. The molecule has 24 heavy (non-hydrogen) atoms. The van der Waals surface area contributed by atoms with Gasteiger partial charge in [-0.15, -0.1) is 0 Å². The fraction of sp³-hybridized carbons (Fsp3) is 0.389. The van der Waals surface area contributed by atoms with Crippen LogP contribution in [0.25, 0.3) is 10.9 Å². The zero-order valence-corrected chi connectivity index (χ0v) is 13.8. The van der Waals surface area contributed by atoms with Crippen LogP contribution in [0.15, 0.2) is 30.5 Å². The molecule has 2 heterocycles. The second-order valence-corrected chi connectivity index (χ2v) is 7.15. The quantitative estimate of drug-likeness (QED) is 0.908. The minimum Gasteiger partial charge on any atom is -0.481 e. The van der Waals surface area contributed by atoms with Crippen LogP contribution in [0.2, 0.25) is 5.02 Å². The summed E-state index contributed by atoms with van der Waals surface area (Å²) in [4.78, 5) is 30.2.